The molecule has 0 aliphatic rings. The summed E-state index contributed by atoms with van der Waals surface area (Å²) in [6.45, 7) is 1.07. The van der Waals surface area contributed by atoms with Crippen LogP contribution in [0.1, 0.15) is 10.4 Å². The number of carboxylic acid groups (broad SMARTS) is 1. The molecule has 0 saturated heterocycles. The molecule has 0 atom stereocenters. The second kappa shape index (κ2) is 6.69. The van der Waals surface area contributed by atoms with Crippen LogP contribution in [0.25, 0.3) is 0 Å². The largest absolute Gasteiger partial charge is 0.478 e. The van der Waals surface area contributed by atoms with Gasteiger partial charge in [-0.25, -0.2) is 14.0 Å². The first-order valence-corrected chi connectivity index (χ1v) is 5.65. The highest BCUT2D eigenvalue weighted by Gasteiger charge is 2.15. The second-order valence-corrected chi connectivity index (χ2v) is 3.95. The first-order chi connectivity index (χ1) is 8.95. The number of rotatable bonds is 5. The third kappa shape index (κ3) is 4.22. The fraction of sp³-hybridized carbons (Fsp3) is 0.333. The van der Waals surface area contributed by atoms with Crippen molar-refractivity contribution < 1.29 is 19.1 Å². The van der Waals surface area contributed by atoms with Crippen molar-refractivity contribution in [3.8, 4) is 0 Å². The summed E-state index contributed by atoms with van der Waals surface area (Å²) in [7, 11) is 3.34. The van der Waals surface area contributed by atoms with Gasteiger partial charge < -0.3 is 20.6 Å². The van der Waals surface area contributed by atoms with E-state index in [2.05, 4.69) is 10.6 Å². The van der Waals surface area contributed by atoms with Gasteiger partial charge in [0, 0.05) is 20.1 Å². The van der Waals surface area contributed by atoms with Crippen molar-refractivity contribution in [3.05, 3.63) is 29.6 Å². The molecule has 1 aromatic rings. The molecule has 0 heterocycles. The number of carboxylic acids is 1. The number of benzene rings is 1. The highest BCUT2D eigenvalue weighted by molar-refractivity contribution is 5.99. The molecule has 0 bridgehead atoms. The number of carbonyl (C=O) groups is 2. The molecule has 0 aliphatic carbocycles. The van der Waals surface area contributed by atoms with Crippen molar-refractivity contribution in [1.29, 1.82) is 0 Å². The lowest BCUT2D eigenvalue weighted by Gasteiger charge is -2.18. The van der Waals surface area contributed by atoms with Gasteiger partial charge in [-0.1, -0.05) is 0 Å². The minimum atomic E-state index is -1.30. The van der Waals surface area contributed by atoms with E-state index in [1.165, 1.54) is 11.0 Å². The summed E-state index contributed by atoms with van der Waals surface area (Å²) < 4.78 is 13.0. The number of nitrogens with zero attached hydrogens (tertiary/aromatic N) is 1. The smallest absolute Gasteiger partial charge is 0.337 e. The number of aromatic carboxylic acids is 1. The van der Waals surface area contributed by atoms with Crippen LogP contribution in [0.3, 0.4) is 0 Å². The Morgan fingerprint density at radius 3 is 2.68 bits per heavy atom. The predicted molar refractivity (Wildman–Crippen MR) is 68.9 cm³/mol. The van der Waals surface area contributed by atoms with E-state index in [4.69, 9.17) is 5.11 Å². The summed E-state index contributed by atoms with van der Waals surface area (Å²) in [6.07, 6.45) is 0. The average molecular weight is 269 g/mol. The van der Waals surface area contributed by atoms with Crippen LogP contribution in [-0.4, -0.2) is 49.2 Å². The Morgan fingerprint density at radius 2 is 2.11 bits per heavy atom. The molecule has 0 aliphatic heterocycles. The topological polar surface area (TPSA) is 81.7 Å². The van der Waals surface area contributed by atoms with Gasteiger partial charge in [0.25, 0.3) is 0 Å². The number of amides is 2. The third-order valence-corrected chi connectivity index (χ3v) is 2.50. The summed E-state index contributed by atoms with van der Waals surface area (Å²) in [5, 5.41) is 14.3. The average Bonchev–Trinajstić information content (AvgIpc) is 2.37. The molecule has 0 aromatic heterocycles. The van der Waals surface area contributed by atoms with E-state index < -0.39 is 17.8 Å². The summed E-state index contributed by atoms with van der Waals surface area (Å²) in [6, 6.07) is 2.73. The Morgan fingerprint density at radius 1 is 1.42 bits per heavy atom. The van der Waals surface area contributed by atoms with Crippen molar-refractivity contribution >= 4 is 17.7 Å². The summed E-state index contributed by atoms with van der Waals surface area (Å²) >= 11 is 0. The maximum atomic E-state index is 13.0. The van der Waals surface area contributed by atoms with Crippen molar-refractivity contribution in [3.63, 3.8) is 0 Å². The summed E-state index contributed by atoms with van der Waals surface area (Å²) in [5.74, 6) is -1.97. The molecule has 0 spiro atoms. The van der Waals surface area contributed by atoms with Crippen LogP contribution >= 0.6 is 0 Å². The van der Waals surface area contributed by atoms with E-state index in [1.807, 2.05) is 0 Å². The van der Waals surface area contributed by atoms with Gasteiger partial charge in [-0.2, -0.15) is 0 Å². The van der Waals surface area contributed by atoms with Crippen molar-refractivity contribution in [2.75, 3.05) is 32.5 Å². The van der Waals surface area contributed by atoms with Gasteiger partial charge in [0.15, 0.2) is 0 Å². The van der Waals surface area contributed by atoms with Gasteiger partial charge in [-0.05, 0) is 25.2 Å². The molecule has 7 heteroatoms. The maximum absolute atomic E-state index is 13.0. The molecule has 0 fully saturated rings. The number of hydrogen-bond acceptors (Lipinski definition) is 3. The van der Waals surface area contributed by atoms with Crippen molar-refractivity contribution in [1.82, 2.24) is 10.2 Å². The van der Waals surface area contributed by atoms with Crippen LogP contribution in [0, 0.1) is 5.82 Å². The van der Waals surface area contributed by atoms with Gasteiger partial charge in [0.2, 0.25) is 0 Å². The monoisotopic (exact) mass is 269 g/mol. The van der Waals surface area contributed by atoms with Crippen molar-refractivity contribution in [2.24, 2.45) is 0 Å². The van der Waals surface area contributed by atoms with Crippen LogP contribution in [0.5, 0.6) is 0 Å². The number of anilines is 1. The zero-order valence-electron chi connectivity index (χ0n) is 10.7. The van der Waals surface area contributed by atoms with E-state index in [0.29, 0.717) is 13.1 Å². The third-order valence-electron chi connectivity index (χ3n) is 2.50. The quantitative estimate of drug-likeness (QED) is 0.750. The van der Waals surface area contributed by atoms with Crippen LogP contribution in [0.15, 0.2) is 18.2 Å². The van der Waals surface area contributed by atoms with E-state index in [0.717, 1.165) is 12.1 Å². The van der Waals surface area contributed by atoms with Crippen molar-refractivity contribution in [2.45, 2.75) is 0 Å². The molecule has 2 amide bonds. The van der Waals surface area contributed by atoms with Crippen LogP contribution in [0.2, 0.25) is 0 Å². The number of nitrogens with one attached hydrogen (secondary N) is 2. The Kier molecular flexibility index (Phi) is 5.25. The molecule has 1 rings (SSSR count). The fourth-order valence-electron chi connectivity index (χ4n) is 1.39. The van der Waals surface area contributed by atoms with Gasteiger partial charge in [0.1, 0.15) is 5.82 Å². The van der Waals surface area contributed by atoms with Gasteiger partial charge in [0.05, 0.1) is 11.3 Å². The number of halogens is 1. The van der Waals surface area contributed by atoms with Gasteiger partial charge in [-0.3, -0.25) is 0 Å². The Balaban J connectivity index is 2.81. The minimum absolute atomic E-state index is 0.0650. The Bertz CT molecular complexity index is 479. The molecule has 1 aromatic carbocycles. The molecule has 0 saturated carbocycles. The van der Waals surface area contributed by atoms with Crippen LogP contribution < -0.4 is 10.6 Å². The molecular formula is C12H16FN3O3. The van der Waals surface area contributed by atoms with Crippen LogP contribution in [-0.2, 0) is 0 Å². The van der Waals surface area contributed by atoms with Gasteiger partial charge in [-0.15, -0.1) is 0 Å². The minimum Gasteiger partial charge on any atom is -0.478 e. The number of likely N-dealkylation sites (N-methyl/N-ethyl adjacent to an activating group) is 2. The van der Waals surface area contributed by atoms with E-state index in [9.17, 15) is 14.0 Å². The zero-order chi connectivity index (χ0) is 14.4. The Labute approximate surface area is 110 Å². The second-order valence-electron chi connectivity index (χ2n) is 3.95. The summed E-state index contributed by atoms with van der Waals surface area (Å²) in [5.41, 5.74) is -0.217. The van der Waals surface area contributed by atoms with E-state index in [-0.39, 0.29) is 11.3 Å². The van der Waals surface area contributed by atoms with Gasteiger partial charge >= 0.3 is 12.0 Å². The summed E-state index contributed by atoms with van der Waals surface area (Å²) in [4.78, 5) is 24.1. The molecule has 6 nitrogen and oxygen atoms in total. The molecule has 0 radical (unpaired) electrons. The maximum Gasteiger partial charge on any atom is 0.337 e. The normalized spacial score (nSPS) is 10.1. The van der Waals surface area contributed by atoms with E-state index >= 15 is 0 Å². The highest BCUT2D eigenvalue weighted by Crippen LogP contribution is 2.17. The highest BCUT2D eigenvalue weighted by atomic mass is 19.1. The lowest BCUT2D eigenvalue weighted by atomic mass is 10.1. The number of carbonyl (C=O) groups excluding carboxylic acids is 1. The molecule has 19 heavy (non-hydrogen) atoms. The Hall–Kier alpha value is -2.15. The lowest BCUT2D eigenvalue weighted by Crippen LogP contribution is -2.36. The number of hydrogen-bond donors (Lipinski definition) is 3. The SMILES string of the molecule is CNCCN(C)C(=O)Nc1ccc(F)cc1C(=O)O. The zero-order valence-corrected chi connectivity index (χ0v) is 10.7. The fourth-order valence-corrected chi connectivity index (χ4v) is 1.39. The van der Waals surface area contributed by atoms with Crippen LogP contribution in [0.4, 0.5) is 14.9 Å². The first-order valence-electron chi connectivity index (χ1n) is 5.65. The number of urea groups is 1. The first kappa shape index (κ1) is 14.9. The van der Waals surface area contributed by atoms with E-state index in [1.54, 1.807) is 14.1 Å². The lowest BCUT2D eigenvalue weighted by molar-refractivity contribution is 0.0697. The predicted octanol–water partition coefficient (Wildman–Crippen LogP) is 1.21. The standard InChI is InChI=1S/C12H16FN3O3/c1-14-5-6-16(2)12(19)15-10-4-3-8(13)7-9(10)11(17)18/h3-4,7,14H,5-6H2,1-2H3,(H,15,19)(H,17,18). The molecule has 104 valence electrons. The molecular weight excluding hydrogens is 253 g/mol. The molecule has 3 N–H and O–H groups in total. The molecule has 0 unspecified atom stereocenters.